The third-order valence-corrected chi connectivity index (χ3v) is 1.92. The molecule has 0 saturated heterocycles. The topological polar surface area (TPSA) is 46.2 Å². The minimum Gasteiger partial charge on any atom is -0.281 e. The van der Waals surface area contributed by atoms with E-state index in [2.05, 4.69) is 0 Å². The first-order valence-electron chi connectivity index (χ1n) is 3.42. The maximum Gasteiger partial charge on any atom is 0.229 e. The predicted octanol–water partition coefficient (Wildman–Crippen LogP) is 1.48. The lowest BCUT2D eigenvalue weighted by atomic mass is 10.3. The minimum absolute atomic E-state index is 0.619. The quantitative estimate of drug-likeness (QED) is 0.775. The molecule has 1 rings (SSSR count). The maximum atomic E-state index is 12.9. The highest BCUT2D eigenvalue weighted by atomic mass is 32.2. The Hall–Kier alpha value is -1.24. The van der Waals surface area contributed by atoms with Crippen molar-refractivity contribution < 1.29 is 21.6 Å². The van der Waals surface area contributed by atoms with Crippen LogP contribution in [0.15, 0.2) is 12.1 Å². The van der Waals surface area contributed by atoms with Gasteiger partial charge in [0.25, 0.3) is 0 Å². The average Bonchev–Trinajstić information content (AvgIpc) is 2.04. The second-order valence-corrected chi connectivity index (χ2v) is 4.35. The van der Waals surface area contributed by atoms with Crippen LogP contribution in [0.25, 0.3) is 0 Å². The Morgan fingerprint density at radius 1 is 1.14 bits per heavy atom. The van der Waals surface area contributed by atoms with Crippen molar-refractivity contribution in [3.63, 3.8) is 0 Å². The van der Waals surface area contributed by atoms with Gasteiger partial charge in [-0.25, -0.2) is 21.6 Å². The zero-order chi connectivity index (χ0) is 10.9. The number of anilines is 1. The largest absolute Gasteiger partial charge is 0.281 e. The summed E-state index contributed by atoms with van der Waals surface area (Å²) >= 11 is 0. The molecule has 0 aromatic heterocycles. The van der Waals surface area contributed by atoms with Gasteiger partial charge >= 0.3 is 0 Å². The molecule has 0 radical (unpaired) electrons. The van der Waals surface area contributed by atoms with Gasteiger partial charge in [0.2, 0.25) is 10.0 Å². The van der Waals surface area contributed by atoms with Crippen LogP contribution in [-0.4, -0.2) is 14.7 Å². The summed E-state index contributed by atoms with van der Waals surface area (Å²) in [6, 6.07) is 1.43. The molecule has 1 aromatic rings. The molecule has 1 N–H and O–H groups in total. The molecule has 3 nitrogen and oxygen atoms in total. The van der Waals surface area contributed by atoms with E-state index in [0.29, 0.717) is 6.07 Å². The van der Waals surface area contributed by atoms with Crippen LogP contribution in [0.5, 0.6) is 0 Å². The van der Waals surface area contributed by atoms with Crippen molar-refractivity contribution >= 4 is 15.7 Å². The SMILES string of the molecule is CS(=O)(=O)Nc1ccc(F)c(F)c1F. The van der Waals surface area contributed by atoms with Gasteiger partial charge in [0, 0.05) is 0 Å². The number of sulfonamides is 1. The highest BCUT2D eigenvalue weighted by molar-refractivity contribution is 7.92. The van der Waals surface area contributed by atoms with Crippen LogP contribution in [-0.2, 0) is 10.0 Å². The monoisotopic (exact) mass is 225 g/mol. The van der Waals surface area contributed by atoms with Gasteiger partial charge in [-0.1, -0.05) is 0 Å². The number of nitrogens with one attached hydrogen (secondary N) is 1. The lowest BCUT2D eigenvalue weighted by Crippen LogP contribution is -2.11. The molecule has 0 aliphatic heterocycles. The van der Waals surface area contributed by atoms with Crippen molar-refractivity contribution in [1.29, 1.82) is 0 Å². The molecule has 7 heteroatoms. The van der Waals surface area contributed by atoms with E-state index in [0.717, 1.165) is 12.3 Å². The Bertz CT molecular complexity index is 458. The van der Waals surface area contributed by atoms with Gasteiger partial charge < -0.3 is 0 Å². The van der Waals surface area contributed by atoms with Crippen molar-refractivity contribution in [3.8, 4) is 0 Å². The van der Waals surface area contributed by atoms with Crippen molar-refractivity contribution in [1.82, 2.24) is 0 Å². The van der Waals surface area contributed by atoms with Crippen LogP contribution in [0.1, 0.15) is 0 Å². The average molecular weight is 225 g/mol. The second-order valence-electron chi connectivity index (χ2n) is 2.60. The first-order chi connectivity index (χ1) is 6.31. The predicted molar refractivity (Wildman–Crippen MR) is 44.8 cm³/mol. The summed E-state index contributed by atoms with van der Waals surface area (Å²) in [5.41, 5.74) is -0.619. The van der Waals surface area contributed by atoms with Crippen LogP contribution in [0.2, 0.25) is 0 Å². The molecule has 78 valence electrons. The number of hydrogen-bond acceptors (Lipinski definition) is 2. The lowest BCUT2D eigenvalue weighted by Gasteiger charge is -2.05. The molecule has 0 saturated carbocycles. The summed E-state index contributed by atoms with van der Waals surface area (Å²) in [4.78, 5) is 0. The third kappa shape index (κ3) is 2.38. The van der Waals surface area contributed by atoms with Gasteiger partial charge in [0.1, 0.15) is 0 Å². The summed E-state index contributed by atoms with van der Waals surface area (Å²) in [6.07, 6.45) is 0.772. The molecular formula is C7H6F3NO2S. The standard InChI is InChI=1S/C7H6F3NO2S/c1-14(12,13)11-5-3-2-4(8)6(9)7(5)10/h2-3,11H,1H3. The minimum atomic E-state index is -3.71. The highest BCUT2D eigenvalue weighted by Crippen LogP contribution is 2.20. The molecule has 0 aliphatic rings. The van der Waals surface area contributed by atoms with Gasteiger partial charge in [-0.05, 0) is 12.1 Å². The molecule has 0 spiro atoms. The van der Waals surface area contributed by atoms with Gasteiger partial charge in [0.15, 0.2) is 17.5 Å². The fourth-order valence-electron chi connectivity index (χ4n) is 0.804. The van der Waals surface area contributed by atoms with Crippen LogP contribution in [0, 0.1) is 17.5 Å². The number of benzene rings is 1. The van der Waals surface area contributed by atoms with Gasteiger partial charge in [0.05, 0.1) is 11.9 Å². The first-order valence-corrected chi connectivity index (χ1v) is 5.31. The smallest absolute Gasteiger partial charge is 0.229 e. The van der Waals surface area contributed by atoms with E-state index in [9.17, 15) is 21.6 Å². The Morgan fingerprint density at radius 3 is 2.21 bits per heavy atom. The lowest BCUT2D eigenvalue weighted by molar-refractivity contribution is 0.449. The number of hydrogen-bond donors (Lipinski definition) is 1. The van der Waals surface area contributed by atoms with E-state index in [4.69, 9.17) is 0 Å². The van der Waals surface area contributed by atoms with E-state index in [1.165, 1.54) is 0 Å². The fourth-order valence-corrected chi connectivity index (χ4v) is 1.36. The number of rotatable bonds is 2. The molecule has 0 atom stereocenters. The first kappa shape index (κ1) is 10.8. The van der Waals surface area contributed by atoms with Crippen molar-refractivity contribution in [2.75, 3.05) is 11.0 Å². The highest BCUT2D eigenvalue weighted by Gasteiger charge is 2.15. The Labute approximate surface area is 78.6 Å². The molecule has 1 aromatic carbocycles. The zero-order valence-electron chi connectivity index (χ0n) is 7.01. The van der Waals surface area contributed by atoms with Crippen LogP contribution >= 0.6 is 0 Å². The van der Waals surface area contributed by atoms with E-state index >= 15 is 0 Å². The van der Waals surface area contributed by atoms with Crippen molar-refractivity contribution in [3.05, 3.63) is 29.6 Å². The van der Waals surface area contributed by atoms with E-state index in [-0.39, 0.29) is 0 Å². The Morgan fingerprint density at radius 2 is 1.71 bits per heavy atom. The van der Waals surface area contributed by atoms with Crippen LogP contribution < -0.4 is 4.72 Å². The van der Waals surface area contributed by atoms with E-state index in [1.807, 2.05) is 0 Å². The Kier molecular flexibility index (Phi) is 2.70. The molecule has 0 amide bonds. The molecular weight excluding hydrogens is 219 g/mol. The van der Waals surface area contributed by atoms with Crippen molar-refractivity contribution in [2.45, 2.75) is 0 Å². The molecule has 0 heterocycles. The molecule has 0 fully saturated rings. The third-order valence-electron chi connectivity index (χ3n) is 1.33. The Balaban J connectivity index is 3.19. The molecule has 0 aliphatic carbocycles. The summed E-state index contributed by atoms with van der Waals surface area (Å²) in [5, 5.41) is 0. The van der Waals surface area contributed by atoms with Crippen molar-refractivity contribution in [2.24, 2.45) is 0 Å². The summed E-state index contributed by atoms with van der Waals surface area (Å²) in [6.45, 7) is 0. The van der Waals surface area contributed by atoms with Crippen LogP contribution in [0.4, 0.5) is 18.9 Å². The summed E-state index contributed by atoms with van der Waals surface area (Å²) in [5.74, 6) is -4.64. The summed E-state index contributed by atoms with van der Waals surface area (Å²) < 4.78 is 60.9. The molecule has 0 unspecified atom stereocenters. The van der Waals surface area contributed by atoms with Gasteiger partial charge in [-0.3, -0.25) is 4.72 Å². The second kappa shape index (κ2) is 3.49. The van der Waals surface area contributed by atoms with Crippen LogP contribution in [0.3, 0.4) is 0 Å². The van der Waals surface area contributed by atoms with Gasteiger partial charge in [-0.2, -0.15) is 0 Å². The fraction of sp³-hybridized carbons (Fsp3) is 0.143. The molecule has 14 heavy (non-hydrogen) atoms. The van der Waals surface area contributed by atoms with E-state index < -0.39 is 33.2 Å². The van der Waals surface area contributed by atoms with Gasteiger partial charge in [-0.15, -0.1) is 0 Å². The normalized spacial score (nSPS) is 11.4. The molecule has 0 bridgehead atoms. The van der Waals surface area contributed by atoms with E-state index in [1.54, 1.807) is 4.72 Å². The zero-order valence-corrected chi connectivity index (χ0v) is 7.83. The maximum absolute atomic E-state index is 12.9. The summed E-state index contributed by atoms with van der Waals surface area (Å²) in [7, 11) is -3.71. The number of halogens is 3.